The first-order chi connectivity index (χ1) is 14.6. The summed E-state index contributed by atoms with van der Waals surface area (Å²) in [4.78, 5) is 16.6. The molecule has 1 heterocycles. The Morgan fingerprint density at radius 2 is 1.93 bits per heavy atom. The average Bonchev–Trinajstić information content (AvgIpc) is 2.78. The minimum atomic E-state index is -0.269. The zero-order valence-corrected chi connectivity index (χ0v) is 17.1. The van der Waals surface area contributed by atoms with Crippen molar-refractivity contribution in [1.82, 2.24) is 10.2 Å². The third-order valence-electron chi connectivity index (χ3n) is 5.14. The highest BCUT2D eigenvalue weighted by molar-refractivity contribution is 6.43. The summed E-state index contributed by atoms with van der Waals surface area (Å²) < 4.78 is 0. The highest BCUT2D eigenvalue weighted by Gasteiger charge is 2.17. The number of H-pyrrole nitrogens is 1. The SMILES string of the molecule is CN=C(/C(=C\N)c1ccc2c(=O)[nH]nc(CN)c2c1)c1ccc2ccccc2c1Cl. The molecular formula is C23H20ClN5O. The van der Waals surface area contributed by atoms with E-state index in [9.17, 15) is 4.79 Å². The largest absolute Gasteiger partial charge is 0.404 e. The molecule has 4 aromatic rings. The number of nitrogens with zero attached hydrogens (tertiary/aromatic N) is 2. The predicted molar refractivity (Wildman–Crippen MR) is 124 cm³/mol. The van der Waals surface area contributed by atoms with Crippen molar-refractivity contribution in [2.75, 3.05) is 7.05 Å². The number of nitrogens with one attached hydrogen (secondary N) is 1. The molecule has 0 aliphatic carbocycles. The second-order valence-corrected chi connectivity index (χ2v) is 7.14. The van der Waals surface area contributed by atoms with Crippen molar-refractivity contribution in [1.29, 1.82) is 0 Å². The number of aromatic amines is 1. The van der Waals surface area contributed by atoms with Crippen LogP contribution in [0, 0.1) is 0 Å². The minimum Gasteiger partial charge on any atom is -0.404 e. The van der Waals surface area contributed by atoms with Gasteiger partial charge in [0.15, 0.2) is 0 Å². The van der Waals surface area contributed by atoms with Crippen LogP contribution in [0.2, 0.25) is 5.02 Å². The molecule has 0 bridgehead atoms. The Morgan fingerprint density at radius 3 is 2.67 bits per heavy atom. The van der Waals surface area contributed by atoms with Gasteiger partial charge in [0.05, 0.1) is 21.8 Å². The van der Waals surface area contributed by atoms with E-state index in [-0.39, 0.29) is 12.1 Å². The second-order valence-electron chi connectivity index (χ2n) is 6.76. The van der Waals surface area contributed by atoms with Crippen LogP contribution in [0.5, 0.6) is 0 Å². The molecule has 4 rings (SSSR count). The maximum absolute atomic E-state index is 12.1. The monoisotopic (exact) mass is 417 g/mol. The van der Waals surface area contributed by atoms with Crippen LogP contribution in [0.15, 0.2) is 70.6 Å². The summed E-state index contributed by atoms with van der Waals surface area (Å²) in [7, 11) is 1.70. The van der Waals surface area contributed by atoms with Crippen LogP contribution in [0.3, 0.4) is 0 Å². The lowest BCUT2D eigenvalue weighted by molar-refractivity contribution is 0.900. The molecule has 0 saturated carbocycles. The molecule has 1 aromatic heterocycles. The number of halogens is 1. The summed E-state index contributed by atoms with van der Waals surface area (Å²) in [6.45, 7) is 0.198. The van der Waals surface area contributed by atoms with E-state index in [2.05, 4.69) is 15.2 Å². The summed E-state index contributed by atoms with van der Waals surface area (Å²) in [5.74, 6) is 0. The number of hydrogen-bond donors (Lipinski definition) is 3. The lowest BCUT2D eigenvalue weighted by Crippen LogP contribution is -2.14. The van der Waals surface area contributed by atoms with Crippen molar-refractivity contribution in [2.24, 2.45) is 16.5 Å². The zero-order valence-electron chi connectivity index (χ0n) is 16.3. The van der Waals surface area contributed by atoms with Gasteiger partial charge in [-0.15, -0.1) is 0 Å². The number of rotatable bonds is 4. The molecule has 3 aromatic carbocycles. The molecule has 0 fully saturated rings. The van der Waals surface area contributed by atoms with Gasteiger partial charge in [-0.05, 0) is 23.1 Å². The molecule has 0 unspecified atom stereocenters. The predicted octanol–water partition coefficient (Wildman–Crippen LogP) is 3.61. The highest BCUT2D eigenvalue weighted by Crippen LogP contribution is 2.32. The van der Waals surface area contributed by atoms with E-state index in [1.807, 2.05) is 48.5 Å². The molecule has 150 valence electrons. The minimum absolute atomic E-state index is 0.198. The van der Waals surface area contributed by atoms with E-state index in [1.54, 1.807) is 13.1 Å². The van der Waals surface area contributed by atoms with Gasteiger partial charge in [-0.2, -0.15) is 5.10 Å². The van der Waals surface area contributed by atoms with Gasteiger partial charge >= 0.3 is 0 Å². The Kier molecular flexibility index (Phi) is 5.35. The van der Waals surface area contributed by atoms with Gasteiger partial charge in [-0.1, -0.05) is 54.1 Å². The van der Waals surface area contributed by atoms with E-state index < -0.39 is 0 Å². The fourth-order valence-corrected chi connectivity index (χ4v) is 3.98. The van der Waals surface area contributed by atoms with Crippen molar-refractivity contribution in [3.05, 3.63) is 93.0 Å². The van der Waals surface area contributed by atoms with Crippen LogP contribution in [-0.2, 0) is 6.54 Å². The molecule has 7 heteroatoms. The fraction of sp³-hybridized carbons (Fsp3) is 0.0870. The van der Waals surface area contributed by atoms with Crippen LogP contribution in [0.1, 0.15) is 16.8 Å². The number of benzene rings is 3. The smallest absolute Gasteiger partial charge is 0.272 e. The molecule has 0 amide bonds. The van der Waals surface area contributed by atoms with Crippen molar-refractivity contribution in [2.45, 2.75) is 6.54 Å². The van der Waals surface area contributed by atoms with Crippen molar-refractivity contribution < 1.29 is 0 Å². The number of fused-ring (bicyclic) bond motifs is 2. The highest BCUT2D eigenvalue weighted by atomic mass is 35.5. The molecule has 0 saturated heterocycles. The summed E-state index contributed by atoms with van der Waals surface area (Å²) in [5, 5.41) is 10.3. The molecule has 0 radical (unpaired) electrons. The lowest BCUT2D eigenvalue weighted by atomic mass is 9.93. The molecule has 0 aliphatic heterocycles. The van der Waals surface area contributed by atoms with E-state index in [1.165, 1.54) is 6.20 Å². The third kappa shape index (κ3) is 3.26. The first-order valence-electron chi connectivity index (χ1n) is 9.37. The van der Waals surface area contributed by atoms with Gasteiger partial charge in [-0.3, -0.25) is 9.79 Å². The van der Waals surface area contributed by atoms with E-state index in [0.717, 1.165) is 21.9 Å². The quantitative estimate of drug-likeness (QED) is 0.440. The Bertz CT molecular complexity index is 1390. The normalized spacial score (nSPS) is 12.6. The Morgan fingerprint density at radius 1 is 1.13 bits per heavy atom. The van der Waals surface area contributed by atoms with Gasteiger partial charge in [0.1, 0.15) is 0 Å². The summed E-state index contributed by atoms with van der Waals surface area (Å²) >= 11 is 6.75. The Hall–Kier alpha value is -3.48. The lowest BCUT2D eigenvalue weighted by Gasteiger charge is -2.15. The third-order valence-corrected chi connectivity index (χ3v) is 5.54. The van der Waals surface area contributed by atoms with Gasteiger partial charge in [0.2, 0.25) is 0 Å². The van der Waals surface area contributed by atoms with E-state index >= 15 is 0 Å². The topological polar surface area (TPSA) is 110 Å². The van der Waals surface area contributed by atoms with Crippen molar-refractivity contribution in [3.63, 3.8) is 0 Å². The zero-order chi connectivity index (χ0) is 21.3. The number of aromatic nitrogens is 2. The van der Waals surface area contributed by atoms with E-state index in [0.29, 0.717) is 32.8 Å². The van der Waals surface area contributed by atoms with Crippen LogP contribution < -0.4 is 17.0 Å². The van der Waals surface area contributed by atoms with Gasteiger partial charge in [-0.25, -0.2) is 5.10 Å². The Labute approximate surface area is 177 Å². The fourth-order valence-electron chi connectivity index (χ4n) is 3.66. The number of aliphatic imine (C=N–C) groups is 1. The van der Waals surface area contributed by atoms with E-state index in [4.69, 9.17) is 23.1 Å². The van der Waals surface area contributed by atoms with Gasteiger partial charge in [0.25, 0.3) is 5.56 Å². The summed E-state index contributed by atoms with van der Waals surface area (Å²) in [5.41, 5.74) is 15.1. The van der Waals surface area contributed by atoms with Crippen LogP contribution in [-0.4, -0.2) is 23.0 Å². The van der Waals surface area contributed by atoms with Gasteiger partial charge < -0.3 is 11.5 Å². The first kappa shape index (κ1) is 19.8. The number of allylic oxidation sites excluding steroid dienone is 1. The van der Waals surface area contributed by atoms with Crippen LogP contribution in [0.4, 0.5) is 0 Å². The van der Waals surface area contributed by atoms with Crippen molar-refractivity contribution >= 4 is 44.4 Å². The number of hydrogen-bond acceptors (Lipinski definition) is 5. The maximum Gasteiger partial charge on any atom is 0.272 e. The molecular weight excluding hydrogens is 398 g/mol. The van der Waals surface area contributed by atoms with Crippen LogP contribution in [0.25, 0.3) is 27.1 Å². The Balaban J connectivity index is 1.90. The average molecular weight is 418 g/mol. The van der Waals surface area contributed by atoms with Gasteiger partial charge in [0, 0.05) is 41.7 Å². The molecule has 5 N–H and O–H groups in total. The standard InChI is InChI=1S/C23H20ClN5O/c1-27-22(17-9-6-13-4-2-3-5-15(13)21(17)24)19(11-25)14-7-8-16-18(10-14)20(12-26)28-29-23(16)30/h2-11H,12,25-26H2,1H3,(H,29,30)/b19-11-,27-22?. The summed E-state index contributed by atoms with van der Waals surface area (Å²) in [6.07, 6.45) is 1.50. The van der Waals surface area contributed by atoms with Crippen molar-refractivity contribution in [3.8, 4) is 0 Å². The second kappa shape index (κ2) is 8.10. The maximum atomic E-state index is 12.1. The molecule has 6 nitrogen and oxygen atoms in total. The molecule has 0 aliphatic rings. The molecule has 0 atom stereocenters. The van der Waals surface area contributed by atoms with Crippen LogP contribution >= 0.6 is 11.6 Å². The molecule has 30 heavy (non-hydrogen) atoms. The molecule has 0 spiro atoms. The number of nitrogens with two attached hydrogens (primary N) is 2. The first-order valence-corrected chi connectivity index (χ1v) is 9.75. The summed E-state index contributed by atoms with van der Waals surface area (Å²) in [6, 6.07) is 17.3.